The summed E-state index contributed by atoms with van der Waals surface area (Å²) in [6.45, 7) is 3.10. The molecule has 38 heavy (non-hydrogen) atoms. The van der Waals surface area contributed by atoms with Gasteiger partial charge >= 0.3 is 0 Å². The number of nitrogens with zero attached hydrogens (tertiary/aromatic N) is 3. The minimum atomic E-state index is 0.830. The average molecular weight is 503 g/mol. The quantitative estimate of drug-likeness (QED) is 0.137. The van der Waals surface area contributed by atoms with Gasteiger partial charge in [-0.25, -0.2) is 4.98 Å². The molecule has 0 atom stereocenters. The second kappa shape index (κ2) is 13.0. The van der Waals surface area contributed by atoms with Gasteiger partial charge in [0, 0.05) is 17.9 Å². The second-order valence-corrected chi connectivity index (χ2v) is 9.98. The Morgan fingerprint density at radius 3 is 2.13 bits per heavy atom. The number of hydrogen-bond donors (Lipinski definition) is 1. The van der Waals surface area contributed by atoms with E-state index in [1.54, 1.807) is 0 Å². The van der Waals surface area contributed by atoms with Crippen LogP contribution in [0.3, 0.4) is 0 Å². The maximum absolute atomic E-state index is 5.11. The van der Waals surface area contributed by atoms with Crippen molar-refractivity contribution < 1.29 is 0 Å². The Kier molecular flexibility index (Phi) is 8.83. The first-order valence-electron chi connectivity index (χ1n) is 14.2. The summed E-state index contributed by atoms with van der Waals surface area (Å²) in [4.78, 5) is 10.2. The summed E-state index contributed by atoms with van der Waals surface area (Å²) in [6, 6.07) is 33.6. The SMILES string of the molecule is CCCCCCCCCCN=c1cc2n(-c3ccccc3)c3ccccc3nc-2cc1Nc1ccccc1. The first-order chi connectivity index (χ1) is 18.8. The van der Waals surface area contributed by atoms with Crippen LogP contribution in [0.15, 0.2) is 102 Å². The van der Waals surface area contributed by atoms with Crippen molar-refractivity contribution in [1.82, 2.24) is 9.55 Å². The Morgan fingerprint density at radius 2 is 1.37 bits per heavy atom. The molecule has 0 saturated carbocycles. The molecule has 1 N–H and O–H groups in total. The predicted octanol–water partition coefficient (Wildman–Crippen LogP) is 8.92. The van der Waals surface area contributed by atoms with Gasteiger partial charge in [0.15, 0.2) is 0 Å². The van der Waals surface area contributed by atoms with Crippen LogP contribution in [-0.2, 0) is 0 Å². The third-order valence-corrected chi connectivity index (χ3v) is 7.06. The summed E-state index contributed by atoms with van der Waals surface area (Å²) in [7, 11) is 0. The van der Waals surface area contributed by atoms with Crippen LogP contribution in [-0.4, -0.2) is 16.1 Å². The van der Waals surface area contributed by atoms with Crippen molar-refractivity contribution in [1.29, 1.82) is 0 Å². The first-order valence-corrected chi connectivity index (χ1v) is 14.2. The van der Waals surface area contributed by atoms with Gasteiger partial charge in [0.05, 0.1) is 33.5 Å². The zero-order valence-electron chi connectivity index (χ0n) is 22.4. The molecule has 1 heterocycles. The number of aromatic nitrogens is 2. The highest BCUT2D eigenvalue weighted by Gasteiger charge is 2.16. The largest absolute Gasteiger partial charge is 0.354 e. The topological polar surface area (TPSA) is 42.2 Å². The highest BCUT2D eigenvalue weighted by Crippen LogP contribution is 2.30. The molecule has 0 unspecified atom stereocenters. The van der Waals surface area contributed by atoms with Crippen LogP contribution < -0.4 is 10.7 Å². The molecule has 1 aliphatic carbocycles. The lowest BCUT2D eigenvalue weighted by Gasteiger charge is -2.20. The molecule has 0 radical (unpaired) electrons. The summed E-state index contributed by atoms with van der Waals surface area (Å²) < 4.78 is 2.30. The van der Waals surface area contributed by atoms with Crippen LogP contribution in [0.1, 0.15) is 58.3 Å². The summed E-state index contributed by atoms with van der Waals surface area (Å²) in [5, 5.41) is 4.59. The fraction of sp³-hybridized carbons (Fsp3) is 0.294. The third kappa shape index (κ3) is 6.31. The number of rotatable bonds is 12. The average Bonchev–Trinajstić information content (AvgIpc) is 2.96. The molecule has 0 spiro atoms. The van der Waals surface area contributed by atoms with E-state index in [1.165, 1.54) is 44.9 Å². The Labute approximate surface area is 226 Å². The summed E-state index contributed by atoms with van der Waals surface area (Å²) in [6.07, 6.45) is 10.4. The van der Waals surface area contributed by atoms with Gasteiger partial charge in [0.1, 0.15) is 0 Å². The van der Waals surface area contributed by atoms with E-state index in [2.05, 4.69) is 102 Å². The molecule has 194 valence electrons. The highest BCUT2D eigenvalue weighted by molar-refractivity contribution is 5.84. The minimum absolute atomic E-state index is 0.830. The molecule has 0 aromatic heterocycles. The third-order valence-electron chi connectivity index (χ3n) is 7.06. The van der Waals surface area contributed by atoms with Gasteiger partial charge < -0.3 is 9.88 Å². The van der Waals surface area contributed by atoms with Crippen molar-refractivity contribution in [2.75, 3.05) is 11.9 Å². The molecule has 0 fully saturated rings. The van der Waals surface area contributed by atoms with Crippen LogP contribution >= 0.6 is 0 Å². The van der Waals surface area contributed by atoms with Crippen molar-refractivity contribution >= 4 is 22.4 Å². The normalized spacial score (nSPS) is 11.9. The predicted molar refractivity (Wildman–Crippen MR) is 160 cm³/mol. The van der Waals surface area contributed by atoms with Crippen LogP contribution in [0.2, 0.25) is 0 Å². The molecule has 5 rings (SSSR count). The monoisotopic (exact) mass is 502 g/mol. The van der Waals surface area contributed by atoms with Crippen molar-refractivity contribution in [3.63, 3.8) is 0 Å². The highest BCUT2D eigenvalue weighted by atomic mass is 15.0. The molecule has 0 saturated heterocycles. The van der Waals surface area contributed by atoms with Gasteiger partial charge in [-0.1, -0.05) is 100 Å². The van der Waals surface area contributed by atoms with E-state index in [-0.39, 0.29) is 0 Å². The number of hydrogen-bond acceptors (Lipinski definition) is 3. The maximum atomic E-state index is 5.11. The van der Waals surface area contributed by atoms with Crippen molar-refractivity contribution in [2.24, 2.45) is 4.99 Å². The van der Waals surface area contributed by atoms with Crippen LogP contribution in [0.25, 0.3) is 28.1 Å². The summed E-state index contributed by atoms with van der Waals surface area (Å²) in [5.74, 6) is 0. The maximum Gasteiger partial charge on any atom is 0.0900 e. The van der Waals surface area contributed by atoms with Gasteiger partial charge in [0.25, 0.3) is 0 Å². The first kappa shape index (κ1) is 25.7. The standard InChI is InChI=1S/C34H38N4/c1-2-3-4-5-6-7-8-17-24-35-30-26-34-32(25-31(30)36-27-18-11-9-12-19-27)37-29-22-15-16-23-33(29)38(34)28-20-13-10-14-21-28/h9-16,18-23,25-26,36H,2-8,17,24H2,1H3. The van der Waals surface area contributed by atoms with Crippen molar-refractivity contribution in [3.05, 3.63) is 102 Å². The number of unbranched alkanes of at least 4 members (excludes halogenated alkanes) is 7. The van der Waals surface area contributed by atoms with E-state index in [0.29, 0.717) is 0 Å². The van der Waals surface area contributed by atoms with E-state index in [9.17, 15) is 0 Å². The summed E-state index contributed by atoms with van der Waals surface area (Å²) >= 11 is 0. The minimum Gasteiger partial charge on any atom is -0.354 e. The van der Waals surface area contributed by atoms with Gasteiger partial charge in [0.2, 0.25) is 0 Å². The van der Waals surface area contributed by atoms with E-state index in [1.807, 2.05) is 12.1 Å². The smallest absolute Gasteiger partial charge is 0.0900 e. The van der Waals surface area contributed by atoms with E-state index >= 15 is 0 Å². The fourth-order valence-corrected chi connectivity index (χ4v) is 5.05. The van der Waals surface area contributed by atoms with Crippen molar-refractivity contribution in [3.8, 4) is 17.1 Å². The van der Waals surface area contributed by atoms with Gasteiger partial charge in [-0.05, 0) is 55.0 Å². The van der Waals surface area contributed by atoms with E-state index in [0.717, 1.165) is 57.8 Å². The second-order valence-electron chi connectivity index (χ2n) is 9.98. The zero-order chi connectivity index (χ0) is 26.0. The molecule has 1 aliphatic heterocycles. The lowest BCUT2D eigenvalue weighted by atomic mass is 10.1. The molecule has 4 heteroatoms. The van der Waals surface area contributed by atoms with E-state index < -0.39 is 0 Å². The fourth-order valence-electron chi connectivity index (χ4n) is 5.05. The number of nitrogens with one attached hydrogen (secondary N) is 1. The molecular weight excluding hydrogens is 464 g/mol. The lowest BCUT2D eigenvalue weighted by Crippen LogP contribution is -2.15. The van der Waals surface area contributed by atoms with Gasteiger partial charge in [-0.15, -0.1) is 0 Å². The number of fused-ring (bicyclic) bond motifs is 2. The Hall–Kier alpha value is -3.92. The molecule has 0 amide bonds. The zero-order valence-corrected chi connectivity index (χ0v) is 22.4. The molecule has 3 aromatic rings. The molecule has 3 aromatic carbocycles. The summed E-state index contributed by atoms with van der Waals surface area (Å²) in [5.41, 5.74) is 7.22. The molecule has 4 nitrogen and oxygen atoms in total. The van der Waals surface area contributed by atoms with E-state index in [4.69, 9.17) is 9.98 Å². The lowest BCUT2D eigenvalue weighted by molar-refractivity contribution is 0.577. The Balaban J connectivity index is 1.52. The molecular formula is C34H38N4. The van der Waals surface area contributed by atoms with Crippen LogP contribution in [0.4, 0.5) is 11.4 Å². The number of para-hydroxylation sites is 4. The number of anilines is 2. The Bertz CT molecular complexity index is 1470. The Morgan fingerprint density at radius 1 is 0.711 bits per heavy atom. The van der Waals surface area contributed by atoms with Crippen molar-refractivity contribution in [2.45, 2.75) is 58.3 Å². The number of benzene rings is 4. The van der Waals surface area contributed by atoms with Crippen LogP contribution in [0.5, 0.6) is 0 Å². The molecule has 0 bridgehead atoms. The molecule has 2 aliphatic rings. The van der Waals surface area contributed by atoms with Gasteiger partial charge in [-0.3, -0.25) is 4.99 Å². The van der Waals surface area contributed by atoms with Gasteiger partial charge in [-0.2, -0.15) is 0 Å². The van der Waals surface area contributed by atoms with Crippen LogP contribution in [0, 0.1) is 0 Å².